The highest BCUT2D eigenvalue weighted by atomic mass is 79.9. The second-order valence-corrected chi connectivity index (χ2v) is 7.10. The van der Waals surface area contributed by atoms with Gasteiger partial charge in [0.1, 0.15) is 0 Å². The van der Waals surface area contributed by atoms with E-state index >= 15 is 0 Å². The number of alkyl halides is 1. The Morgan fingerprint density at radius 1 is 1.50 bits per heavy atom. The van der Waals surface area contributed by atoms with Crippen LogP contribution in [0, 0.1) is 0 Å². The lowest BCUT2D eigenvalue weighted by atomic mass is 10.3. The summed E-state index contributed by atoms with van der Waals surface area (Å²) in [6, 6.07) is 0. The molecule has 0 aliphatic heterocycles. The second-order valence-electron chi connectivity index (χ2n) is 3.52. The molecule has 7 heteroatoms. The summed E-state index contributed by atoms with van der Waals surface area (Å²) in [4.78, 5) is 0.184. The minimum absolute atomic E-state index is 0.116. The number of aromatic nitrogens is 3. The second kappa shape index (κ2) is 5.77. The van der Waals surface area contributed by atoms with Crippen molar-refractivity contribution in [1.29, 1.82) is 0 Å². The molecule has 1 heterocycles. The standard InChI is InChI=1S/C9H16BrN3O2S/c1-3-8(10)9-7-13(12-11-9)5-6-16(14,15)4-2/h7-8H,3-6H2,1-2H3. The first-order chi connectivity index (χ1) is 7.48. The molecule has 1 atom stereocenters. The molecule has 5 nitrogen and oxygen atoms in total. The molecule has 0 aromatic carbocycles. The maximum atomic E-state index is 11.3. The fourth-order valence-corrected chi connectivity index (χ4v) is 2.12. The number of nitrogens with zero attached hydrogens (tertiary/aromatic N) is 3. The lowest BCUT2D eigenvalue weighted by Gasteiger charge is -2.01. The normalized spacial score (nSPS) is 13.9. The van der Waals surface area contributed by atoms with Gasteiger partial charge in [-0.1, -0.05) is 35.0 Å². The summed E-state index contributed by atoms with van der Waals surface area (Å²) in [5.41, 5.74) is 0.844. The summed E-state index contributed by atoms with van der Waals surface area (Å²) in [5.74, 6) is 0.288. The van der Waals surface area contributed by atoms with Crippen LogP contribution in [0.2, 0.25) is 0 Å². The number of rotatable bonds is 6. The smallest absolute Gasteiger partial charge is 0.151 e. The van der Waals surface area contributed by atoms with Crippen LogP contribution in [0.3, 0.4) is 0 Å². The molecule has 0 fully saturated rings. The molecule has 0 aliphatic carbocycles. The molecule has 1 unspecified atom stereocenters. The number of halogens is 1. The van der Waals surface area contributed by atoms with Gasteiger partial charge >= 0.3 is 0 Å². The molecule has 0 amide bonds. The van der Waals surface area contributed by atoms with E-state index < -0.39 is 9.84 Å². The fourth-order valence-electron chi connectivity index (χ4n) is 1.15. The van der Waals surface area contributed by atoms with Crippen LogP contribution in [0.15, 0.2) is 6.20 Å². The SMILES string of the molecule is CCC(Br)c1cn(CCS(=O)(=O)CC)nn1. The Hall–Kier alpha value is -0.430. The first kappa shape index (κ1) is 13.6. The van der Waals surface area contributed by atoms with Gasteiger partial charge in [-0.25, -0.2) is 8.42 Å². The van der Waals surface area contributed by atoms with Gasteiger partial charge in [-0.05, 0) is 6.42 Å². The summed E-state index contributed by atoms with van der Waals surface area (Å²) in [6.07, 6.45) is 2.71. The van der Waals surface area contributed by atoms with Crippen LogP contribution < -0.4 is 0 Å². The Labute approximate surface area is 104 Å². The third-order valence-electron chi connectivity index (χ3n) is 2.31. The summed E-state index contributed by atoms with van der Waals surface area (Å²) < 4.78 is 24.2. The van der Waals surface area contributed by atoms with Crippen molar-refractivity contribution in [2.24, 2.45) is 0 Å². The molecule has 0 saturated heterocycles. The summed E-state index contributed by atoms with van der Waals surface area (Å²) in [7, 11) is -2.93. The van der Waals surface area contributed by atoms with Crippen molar-refractivity contribution in [2.45, 2.75) is 31.6 Å². The number of hydrogen-bond acceptors (Lipinski definition) is 4. The quantitative estimate of drug-likeness (QED) is 0.748. The lowest BCUT2D eigenvalue weighted by molar-refractivity contribution is 0.576. The third kappa shape index (κ3) is 3.86. The van der Waals surface area contributed by atoms with Crippen molar-refractivity contribution < 1.29 is 8.42 Å². The molecule has 0 aliphatic rings. The van der Waals surface area contributed by atoms with Crippen molar-refractivity contribution in [3.8, 4) is 0 Å². The number of hydrogen-bond donors (Lipinski definition) is 0. The molecule has 1 aromatic heterocycles. The minimum atomic E-state index is -2.93. The Balaban J connectivity index is 2.60. The van der Waals surface area contributed by atoms with Gasteiger partial charge < -0.3 is 0 Å². The van der Waals surface area contributed by atoms with Gasteiger partial charge in [-0.3, -0.25) is 4.68 Å². The van der Waals surface area contributed by atoms with Crippen molar-refractivity contribution in [1.82, 2.24) is 15.0 Å². The van der Waals surface area contributed by atoms with E-state index in [0.717, 1.165) is 12.1 Å². The third-order valence-corrected chi connectivity index (χ3v) is 5.11. The predicted octanol–water partition coefficient (Wildman–Crippen LogP) is 1.56. The van der Waals surface area contributed by atoms with Gasteiger partial charge in [0.2, 0.25) is 0 Å². The average Bonchev–Trinajstić information content (AvgIpc) is 2.74. The van der Waals surface area contributed by atoms with Gasteiger partial charge in [-0.2, -0.15) is 0 Å². The first-order valence-electron chi connectivity index (χ1n) is 5.23. The zero-order chi connectivity index (χ0) is 12.2. The Morgan fingerprint density at radius 3 is 2.75 bits per heavy atom. The van der Waals surface area contributed by atoms with Crippen LogP contribution in [-0.2, 0) is 16.4 Å². The zero-order valence-corrected chi connectivity index (χ0v) is 11.8. The zero-order valence-electron chi connectivity index (χ0n) is 9.43. The first-order valence-corrected chi connectivity index (χ1v) is 7.96. The number of aryl methyl sites for hydroxylation is 1. The minimum Gasteiger partial charge on any atom is -0.251 e. The van der Waals surface area contributed by atoms with Gasteiger partial charge in [0.05, 0.1) is 22.8 Å². The van der Waals surface area contributed by atoms with Gasteiger partial charge in [0, 0.05) is 11.9 Å². The molecule has 0 bridgehead atoms. The monoisotopic (exact) mass is 309 g/mol. The maximum absolute atomic E-state index is 11.3. The molecule has 1 aromatic rings. The highest BCUT2D eigenvalue weighted by molar-refractivity contribution is 9.09. The van der Waals surface area contributed by atoms with E-state index in [1.807, 2.05) is 6.92 Å². The van der Waals surface area contributed by atoms with Crippen molar-refractivity contribution in [3.63, 3.8) is 0 Å². The van der Waals surface area contributed by atoms with E-state index in [9.17, 15) is 8.42 Å². The van der Waals surface area contributed by atoms with E-state index in [4.69, 9.17) is 0 Å². The van der Waals surface area contributed by atoms with Gasteiger partial charge in [-0.15, -0.1) is 5.10 Å². The topological polar surface area (TPSA) is 64.8 Å². The molecule has 0 radical (unpaired) electrons. The van der Waals surface area contributed by atoms with E-state index in [1.165, 1.54) is 0 Å². The van der Waals surface area contributed by atoms with Crippen molar-refractivity contribution >= 4 is 25.8 Å². The van der Waals surface area contributed by atoms with Crippen molar-refractivity contribution in [3.05, 3.63) is 11.9 Å². The summed E-state index contributed by atoms with van der Waals surface area (Å²) in [5, 5.41) is 7.88. The van der Waals surface area contributed by atoms with Crippen LogP contribution in [0.5, 0.6) is 0 Å². The molecular formula is C9H16BrN3O2S. The highest BCUT2D eigenvalue weighted by Crippen LogP contribution is 2.23. The van der Waals surface area contributed by atoms with Crippen LogP contribution in [0.1, 0.15) is 30.8 Å². The Bertz CT molecular complexity index is 430. The van der Waals surface area contributed by atoms with Crippen LogP contribution in [0.4, 0.5) is 0 Å². The van der Waals surface area contributed by atoms with Crippen LogP contribution in [-0.4, -0.2) is 34.9 Å². The molecular weight excluding hydrogens is 294 g/mol. The highest BCUT2D eigenvalue weighted by Gasteiger charge is 2.11. The van der Waals surface area contributed by atoms with Crippen LogP contribution in [0.25, 0.3) is 0 Å². The Kier molecular flexibility index (Phi) is 4.91. The summed E-state index contributed by atoms with van der Waals surface area (Å²) >= 11 is 3.47. The fraction of sp³-hybridized carbons (Fsp3) is 0.778. The average molecular weight is 310 g/mol. The van der Waals surface area contributed by atoms with Crippen LogP contribution >= 0.6 is 15.9 Å². The number of sulfone groups is 1. The summed E-state index contributed by atoms with van der Waals surface area (Å²) in [6.45, 7) is 4.06. The van der Waals surface area contributed by atoms with E-state index in [-0.39, 0.29) is 16.3 Å². The molecule has 1 rings (SSSR count). The largest absolute Gasteiger partial charge is 0.251 e. The van der Waals surface area contributed by atoms with Gasteiger partial charge in [0.25, 0.3) is 0 Å². The molecule has 16 heavy (non-hydrogen) atoms. The molecule has 0 saturated carbocycles. The van der Waals surface area contributed by atoms with E-state index in [1.54, 1.807) is 17.8 Å². The van der Waals surface area contributed by atoms with E-state index in [0.29, 0.717) is 6.54 Å². The molecule has 0 spiro atoms. The molecule has 92 valence electrons. The molecule has 0 N–H and O–H groups in total. The van der Waals surface area contributed by atoms with Crippen molar-refractivity contribution in [2.75, 3.05) is 11.5 Å². The maximum Gasteiger partial charge on any atom is 0.151 e. The lowest BCUT2D eigenvalue weighted by Crippen LogP contribution is -2.14. The van der Waals surface area contributed by atoms with E-state index in [2.05, 4.69) is 26.2 Å². The van der Waals surface area contributed by atoms with Gasteiger partial charge in [0.15, 0.2) is 9.84 Å². The Morgan fingerprint density at radius 2 is 2.19 bits per heavy atom. The predicted molar refractivity (Wildman–Crippen MR) is 66.3 cm³/mol.